The van der Waals surface area contributed by atoms with E-state index in [9.17, 15) is 14.7 Å². The molecule has 1 aromatic rings. The van der Waals surface area contributed by atoms with Gasteiger partial charge in [-0.05, 0) is 35.1 Å². The molecule has 0 bridgehead atoms. The van der Waals surface area contributed by atoms with E-state index in [0.29, 0.717) is 24.2 Å². The first-order valence-corrected chi connectivity index (χ1v) is 6.51. The molecule has 20 heavy (non-hydrogen) atoms. The second-order valence-electron chi connectivity index (χ2n) is 5.94. The van der Waals surface area contributed by atoms with Crippen LogP contribution in [0.1, 0.15) is 38.3 Å². The van der Waals surface area contributed by atoms with E-state index in [4.69, 9.17) is 0 Å². The fraction of sp³-hybridized carbons (Fsp3) is 0.400. The number of amides is 1. The third kappa shape index (κ3) is 3.04. The minimum atomic E-state index is -0.927. The predicted molar refractivity (Wildman–Crippen MR) is 76.3 cm³/mol. The van der Waals surface area contributed by atoms with Crippen molar-refractivity contribution in [3.05, 3.63) is 29.0 Å². The van der Waals surface area contributed by atoms with Crippen molar-refractivity contribution in [2.45, 2.75) is 33.6 Å². The molecule has 0 aliphatic carbocycles. The third-order valence-electron chi connectivity index (χ3n) is 3.22. The van der Waals surface area contributed by atoms with Gasteiger partial charge in [-0.3, -0.25) is 4.79 Å². The van der Waals surface area contributed by atoms with Crippen molar-refractivity contribution in [2.75, 3.05) is 5.32 Å². The number of hydrogen-bond acceptors (Lipinski definition) is 3. The lowest BCUT2D eigenvalue weighted by Crippen LogP contribution is -2.20. The average Bonchev–Trinajstić information content (AvgIpc) is 2.34. The topological polar surface area (TPSA) is 79.3 Å². The number of carboxylic acids is 1. The van der Waals surface area contributed by atoms with E-state index in [1.807, 2.05) is 26.8 Å². The fourth-order valence-electron chi connectivity index (χ4n) is 2.12. The van der Waals surface area contributed by atoms with Gasteiger partial charge in [-0.15, -0.1) is 0 Å². The molecule has 0 saturated carbocycles. The van der Waals surface area contributed by atoms with Crippen molar-refractivity contribution in [3.63, 3.8) is 0 Å². The molecule has 0 radical (unpaired) electrons. The Hall–Kier alpha value is -2.17. The molecule has 0 aromatic carbocycles. The number of aryl methyl sites for hydroxylation is 1. The summed E-state index contributed by atoms with van der Waals surface area (Å²) in [5, 5.41) is 12.0. The predicted octanol–water partition coefficient (Wildman–Crippen LogP) is 2.48. The first-order valence-electron chi connectivity index (χ1n) is 6.51. The second kappa shape index (κ2) is 5.07. The molecule has 0 saturated heterocycles. The summed E-state index contributed by atoms with van der Waals surface area (Å²) in [6.45, 7) is 5.58. The van der Waals surface area contributed by atoms with Crippen LogP contribution in [0.3, 0.4) is 0 Å². The summed E-state index contributed by atoms with van der Waals surface area (Å²) in [4.78, 5) is 26.8. The highest BCUT2D eigenvalue weighted by atomic mass is 16.4. The van der Waals surface area contributed by atoms with Gasteiger partial charge in [-0.2, -0.15) is 0 Å². The lowest BCUT2D eigenvalue weighted by Gasteiger charge is -2.20. The van der Waals surface area contributed by atoms with Gasteiger partial charge in [0.1, 0.15) is 5.82 Å². The van der Waals surface area contributed by atoms with Gasteiger partial charge in [0.2, 0.25) is 5.91 Å². The van der Waals surface area contributed by atoms with Gasteiger partial charge in [0.15, 0.2) is 0 Å². The Bertz CT molecular complexity index is 598. The van der Waals surface area contributed by atoms with Crippen LogP contribution in [0.5, 0.6) is 0 Å². The number of aliphatic carboxylic acids is 1. The number of hydrogen-bond donors (Lipinski definition) is 2. The lowest BCUT2D eigenvalue weighted by atomic mass is 9.85. The van der Waals surface area contributed by atoms with E-state index in [1.54, 1.807) is 12.3 Å². The minimum absolute atomic E-state index is 0.0331. The smallest absolute Gasteiger partial charge is 0.332 e. The molecule has 106 valence electrons. The van der Waals surface area contributed by atoms with Crippen LogP contribution in [0.2, 0.25) is 0 Å². The van der Waals surface area contributed by atoms with E-state index in [0.717, 1.165) is 11.1 Å². The Balaban J connectivity index is 2.39. The number of nitrogens with one attached hydrogen (secondary N) is 1. The van der Waals surface area contributed by atoms with Crippen molar-refractivity contribution < 1.29 is 14.7 Å². The van der Waals surface area contributed by atoms with Crippen molar-refractivity contribution >= 4 is 23.8 Å². The maximum atomic E-state index is 11.3. The molecular formula is C15H18N2O3. The summed E-state index contributed by atoms with van der Waals surface area (Å²) in [6.07, 6.45) is 4.30. The molecule has 5 heteroatoms. The van der Waals surface area contributed by atoms with Crippen LogP contribution in [-0.4, -0.2) is 22.0 Å². The average molecular weight is 274 g/mol. The Morgan fingerprint density at radius 3 is 2.70 bits per heavy atom. The number of anilines is 1. The molecule has 1 aromatic heterocycles. The molecular weight excluding hydrogens is 256 g/mol. The molecule has 0 fully saturated rings. The van der Waals surface area contributed by atoms with Crippen LogP contribution in [0.15, 0.2) is 17.8 Å². The van der Waals surface area contributed by atoms with Crippen molar-refractivity contribution in [1.82, 2.24) is 4.98 Å². The molecule has 0 atom stereocenters. The molecule has 0 spiro atoms. The van der Waals surface area contributed by atoms with Crippen LogP contribution in [-0.2, 0) is 16.0 Å². The number of fused-ring (bicyclic) bond motifs is 1. The highest BCUT2D eigenvalue weighted by molar-refractivity contribution is 5.94. The summed E-state index contributed by atoms with van der Waals surface area (Å²) < 4.78 is 0. The molecule has 2 heterocycles. The zero-order chi connectivity index (χ0) is 14.9. The number of carbonyl (C=O) groups is 2. The largest absolute Gasteiger partial charge is 0.478 e. The number of aromatic nitrogens is 1. The molecule has 5 nitrogen and oxygen atoms in total. The van der Waals surface area contributed by atoms with Gasteiger partial charge in [-0.25, -0.2) is 9.78 Å². The van der Waals surface area contributed by atoms with Gasteiger partial charge < -0.3 is 10.4 Å². The highest BCUT2D eigenvalue weighted by Gasteiger charge is 2.23. The lowest BCUT2D eigenvalue weighted by molar-refractivity contribution is -0.133. The number of rotatable bonds is 2. The quantitative estimate of drug-likeness (QED) is 0.812. The summed E-state index contributed by atoms with van der Waals surface area (Å²) in [5.41, 5.74) is 1.57. The summed E-state index contributed by atoms with van der Waals surface area (Å²) in [6, 6.07) is 1.89. The molecule has 1 aliphatic rings. The summed E-state index contributed by atoms with van der Waals surface area (Å²) in [5.74, 6) is -0.385. The fourth-order valence-corrected chi connectivity index (χ4v) is 2.12. The zero-order valence-corrected chi connectivity index (χ0v) is 11.9. The Morgan fingerprint density at radius 2 is 2.10 bits per heavy atom. The highest BCUT2D eigenvalue weighted by Crippen LogP contribution is 2.28. The van der Waals surface area contributed by atoms with Gasteiger partial charge in [0.25, 0.3) is 0 Å². The van der Waals surface area contributed by atoms with Crippen LogP contribution < -0.4 is 5.32 Å². The van der Waals surface area contributed by atoms with Crippen LogP contribution in [0.4, 0.5) is 5.82 Å². The van der Waals surface area contributed by atoms with Crippen LogP contribution in [0, 0.1) is 5.41 Å². The Labute approximate surface area is 117 Å². The third-order valence-corrected chi connectivity index (χ3v) is 3.22. The molecule has 2 N–H and O–H groups in total. The van der Waals surface area contributed by atoms with Crippen LogP contribution in [0.25, 0.3) is 6.08 Å². The van der Waals surface area contributed by atoms with Crippen molar-refractivity contribution in [2.24, 2.45) is 5.41 Å². The Morgan fingerprint density at radius 1 is 1.40 bits per heavy atom. The molecule has 0 unspecified atom stereocenters. The first-order chi connectivity index (χ1) is 9.27. The van der Waals surface area contributed by atoms with Crippen LogP contribution >= 0.6 is 0 Å². The minimum Gasteiger partial charge on any atom is -0.478 e. The van der Waals surface area contributed by atoms with Gasteiger partial charge in [0, 0.05) is 18.2 Å². The SMILES string of the molecule is CC(C)(C)/C(=C\c1cnc2c(c1)CCC(=O)N2)C(=O)O. The second-order valence-corrected chi connectivity index (χ2v) is 5.94. The number of pyridine rings is 1. The maximum absolute atomic E-state index is 11.3. The number of nitrogens with zero attached hydrogens (tertiary/aromatic N) is 1. The Kier molecular flexibility index (Phi) is 3.61. The molecule has 2 rings (SSSR count). The standard InChI is InChI=1S/C15H18N2O3/c1-15(2,3)11(14(19)20)7-9-6-10-4-5-12(18)17-13(10)16-8-9/h6-8H,4-5H2,1-3H3,(H,19,20)(H,16,17,18)/b11-7-. The van der Waals surface area contributed by atoms with E-state index >= 15 is 0 Å². The van der Waals surface area contributed by atoms with E-state index in [1.165, 1.54) is 0 Å². The van der Waals surface area contributed by atoms with Crippen molar-refractivity contribution in [1.29, 1.82) is 0 Å². The van der Waals surface area contributed by atoms with E-state index in [2.05, 4.69) is 10.3 Å². The van der Waals surface area contributed by atoms with Gasteiger partial charge in [-0.1, -0.05) is 20.8 Å². The monoisotopic (exact) mass is 274 g/mol. The van der Waals surface area contributed by atoms with Gasteiger partial charge in [0.05, 0.1) is 0 Å². The molecule has 1 amide bonds. The van der Waals surface area contributed by atoms with Crippen molar-refractivity contribution in [3.8, 4) is 0 Å². The number of carboxylic acid groups (broad SMARTS) is 1. The first kappa shape index (κ1) is 14.2. The van der Waals surface area contributed by atoms with E-state index < -0.39 is 11.4 Å². The normalized spacial score (nSPS) is 15.6. The summed E-state index contributed by atoms with van der Waals surface area (Å²) >= 11 is 0. The van der Waals surface area contributed by atoms with E-state index in [-0.39, 0.29) is 5.91 Å². The zero-order valence-electron chi connectivity index (χ0n) is 11.9. The number of carbonyl (C=O) groups excluding carboxylic acids is 1. The summed E-state index contributed by atoms with van der Waals surface area (Å²) in [7, 11) is 0. The van der Waals surface area contributed by atoms with Gasteiger partial charge >= 0.3 is 5.97 Å². The maximum Gasteiger partial charge on any atom is 0.332 e. The molecule has 1 aliphatic heterocycles.